The van der Waals surface area contributed by atoms with Gasteiger partial charge in [0.1, 0.15) is 17.3 Å². The van der Waals surface area contributed by atoms with Gasteiger partial charge in [-0.25, -0.2) is 4.39 Å². The summed E-state index contributed by atoms with van der Waals surface area (Å²) in [5, 5.41) is 0. The molecule has 0 unspecified atom stereocenters. The topological polar surface area (TPSA) is 55.8 Å². The molecule has 2 aromatic rings. The zero-order chi connectivity index (χ0) is 20.5. The number of benzene rings is 2. The Labute approximate surface area is 168 Å². The molecule has 1 heterocycles. The van der Waals surface area contributed by atoms with E-state index in [4.69, 9.17) is 9.47 Å². The summed E-state index contributed by atoms with van der Waals surface area (Å²) >= 11 is 0. The van der Waals surface area contributed by atoms with Crippen LogP contribution in [0.2, 0.25) is 0 Å². The van der Waals surface area contributed by atoms with E-state index in [0.717, 1.165) is 5.56 Å². The molecule has 5 nitrogen and oxygen atoms in total. The van der Waals surface area contributed by atoms with Crippen molar-refractivity contribution in [2.75, 3.05) is 19.1 Å². The second kappa shape index (κ2) is 7.70. The Kier molecular flexibility index (Phi) is 5.09. The van der Waals surface area contributed by atoms with Crippen LogP contribution in [0.4, 0.5) is 10.1 Å². The Morgan fingerprint density at radius 1 is 1.03 bits per heavy atom. The molecule has 150 valence electrons. The smallest absolute Gasteiger partial charge is 0.232 e. The number of rotatable bonds is 4. The largest absolute Gasteiger partial charge is 0.497 e. The number of nitrogens with zero attached hydrogens (tertiary/aromatic N) is 1. The molecular weight excluding hydrogens is 373 g/mol. The number of ether oxygens (including phenoxy) is 2. The van der Waals surface area contributed by atoms with Crippen molar-refractivity contribution >= 4 is 17.4 Å². The number of methoxy groups -OCH3 is 2. The third-order valence-corrected chi connectivity index (χ3v) is 5.55. The number of ketones is 1. The van der Waals surface area contributed by atoms with E-state index >= 15 is 0 Å². The van der Waals surface area contributed by atoms with Crippen molar-refractivity contribution < 1.29 is 23.5 Å². The predicted molar refractivity (Wildman–Crippen MR) is 107 cm³/mol. The molecule has 1 aliphatic carbocycles. The van der Waals surface area contributed by atoms with E-state index in [-0.39, 0.29) is 18.1 Å². The van der Waals surface area contributed by atoms with Gasteiger partial charge in [0.05, 0.1) is 19.9 Å². The van der Waals surface area contributed by atoms with Gasteiger partial charge in [-0.15, -0.1) is 0 Å². The molecule has 1 atom stereocenters. The van der Waals surface area contributed by atoms with Crippen LogP contribution in [0, 0.1) is 5.82 Å². The van der Waals surface area contributed by atoms with Crippen LogP contribution >= 0.6 is 0 Å². The third kappa shape index (κ3) is 3.39. The molecule has 0 spiro atoms. The summed E-state index contributed by atoms with van der Waals surface area (Å²) in [6, 6.07) is 11.3. The van der Waals surface area contributed by atoms with Gasteiger partial charge in [0, 0.05) is 35.6 Å². The van der Waals surface area contributed by atoms with Gasteiger partial charge < -0.3 is 9.47 Å². The number of hydrogen-bond acceptors (Lipinski definition) is 4. The first-order valence-corrected chi connectivity index (χ1v) is 9.60. The molecular formula is C23H22FNO4. The Morgan fingerprint density at radius 3 is 2.59 bits per heavy atom. The normalized spacial score (nSPS) is 19.3. The highest BCUT2D eigenvalue weighted by molar-refractivity contribution is 6.07. The summed E-state index contributed by atoms with van der Waals surface area (Å²) in [7, 11) is 3.13. The minimum Gasteiger partial charge on any atom is -0.497 e. The average molecular weight is 395 g/mol. The highest BCUT2D eigenvalue weighted by Gasteiger charge is 2.40. The van der Waals surface area contributed by atoms with Crippen LogP contribution in [0.5, 0.6) is 11.5 Å². The number of amides is 1. The number of hydrogen-bond donors (Lipinski definition) is 0. The van der Waals surface area contributed by atoms with E-state index in [0.29, 0.717) is 47.7 Å². The van der Waals surface area contributed by atoms with Gasteiger partial charge in [-0.3, -0.25) is 14.5 Å². The van der Waals surface area contributed by atoms with Gasteiger partial charge in [0.15, 0.2) is 5.78 Å². The summed E-state index contributed by atoms with van der Waals surface area (Å²) in [4.78, 5) is 27.7. The van der Waals surface area contributed by atoms with Crippen molar-refractivity contribution in [3.05, 3.63) is 65.1 Å². The standard InChI is InChI=1S/C23H22FNO4/c1-28-16-9-10-21(29-2)17(12-16)18-13-22(27)25(15-6-3-5-14(24)11-15)19-7-4-8-20(26)23(18)19/h3,5-6,9-12,18H,4,7-8,13H2,1-2H3/t18-/m0/s1. The van der Waals surface area contributed by atoms with Crippen LogP contribution in [-0.2, 0) is 9.59 Å². The van der Waals surface area contributed by atoms with Gasteiger partial charge in [0.2, 0.25) is 5.91 Å². The second-order valence-electron chi connectivity index (χ2n) is 7.21. The molecule has 1 aliphatic heterocycles. The van der Waals surface area contributed by atoms with Gasteiger partial charge in [-0.2, -0.15) is 0 Å². The number of halogens is 1. The Balaban J connectivity index is 1.89. The average Bonchev–Trinajstić information content (AvgIpc) is 2.72. The maximum atomic E-state index is 13.8. The van der Waals surface area contributed by atoms with Gasteiger partial charge in [-0.05, 0) is 49.2 Å². The highest BCUT2D eigenvalue weighted by atomic mass is 19.1. The lowest BCUT2D eigenvalue weighted by atomic mass is 9.76. The molecule has 0 saturated carbocycles. The molecule has 29 heavy (non-hydrogen) atoms. The van der Waals surface area contributed by atoms with E-state index in [1.54, 1.807) is 38.5 Å². The van der Waals surface area contributed by atoms with Crippen LogP contribution in [0.3, 0.4) is 0 Å². The summed E-state index contributed by atoms with van der Waals surface area (Å²) in [6.45, 7) is 0. The van der Waals surface area contributed by atoms with E-state index in [1.807, 2.05) is 6.07 Å². The van der Waals surface area contributed by atoms with Crippen LogP contribution < -0.4 is 14.4 Å². The zero-order valence-corrected chi connectivity index (χ0v) is 16.4. The van der Waals surface area contributed by atoms with E-state index in [1.165, 1.54) is 17.0 Å². The molecule has 0 N–H and O–H groups in total. The van der Waals surface area contributed by atoms with Crippen molar-refractivity contribution in [2.45, 2.75) is 31.6 Å². The van der Waals surface area contributed by atoms with Crippen molar-refractivity contribution in [1.29, 1.82) is 0 Å². The first-order valence-electron chi connectivity index (χ1n) is 9.60. The Morgan fingerprint density at radius 2 is 1.86 bits per heavy atom. The van der Waals surface area contributed by atoms with Crippen LogP contribution in [0.15, 0.2) is 53.7 Å². The second-order valence-corrected chi connectivity index (χ2v) is 7.21. The lowest BCUT2D eigenvalue weighted by Gasteiger charge is -2.38. The first-order chi connectivity index (χ1) is 14.0. The van der Waals surface area contributed by atoms with Gasteiger partial charge >= 0.3 is 0 Å². The SMILES string of the molecule is COc1ccc(OC)c([C@@H]2CC(=O)N(c3cccc(F)c3)C3=C2C(=O)CCC3)c1. The lowest BCUT2D eigenvalue weighted by molar-refractivity contribution is -0.119. The van der Waals surface area contributed by atoms with Crippen molar-refractivity contribution in [3.8, 4) is 11.5 Å². The number of allylic oxidation sites excluding steroid dienone is 2. The Bertz CT molecular complexity index is 1010. The number of anilines is 1. The summed E-state index contributed by atoms with van der Waals surface area (Å²) in [5.74, 6) is 0.254. The Hall–Kier alpha value is -3.15. The maximum absolute atomic E-state index is 13.8. The van der Waals surface area contributed by atoms with Crippen molar-refractivity contribution in [1.82, 2.24) is 0 Å². The minimum atomic E-state index is -0.420. The minimum absolute atomic E-state index is 0.0232. The monoisotopic (exact) mass is 395 g/mol. The summed E-state index contributed by atoms with van der Waals surface area (Å²) in [5.41, 5.74) is 2.49. The lowest BCUT2D eigenvalue weighted by Crippen LogP contribution is -2.40. The summed E-state index contributed by atoms with van der Waals surface area (Å²) < 4.78 is 24.7. The van der Waals surface area contributed by atoms with E-state index in [9.17, 15) is 14.0 Å². The van der Waals surface area contributed by atoms with E-state index < -0.39 is 11.7 Å². The molecule has 0 aromatic heterocycles. The molecule has 2 aliphatic rings. The molecule has 0 fully saturated rings. The van der Waals surface area contributed by atoms with Crippen molar-refractivity contribution in [2.24, 2.45) is 0 Å². The van der Waals surface area contributed by atoms with Crippen LogP contribution in [0.1, 0.15) is 37.2 Å². The fourth-order valence-electron chi connectivity index (χ4n) is 4.29. The zero-order valence-electron chi connectivity index (χ0n) is 16.4. The fourth-order valence-corrected chi connectivity index (χ4v) is 4.29. The molecule has 1 amide bonds. The van der Waals surface area contributed by atoms with Crippen molar-refractivity contribution in [3.63, 3.8) is 0 Å². The predicted octanol–water partition coefficient (Wildman–Crippen LogP) is 4.37. The van der Waals surface area contributed by atoms with Gasteiger partial charge in [-0.1, -0.05) is 6.07 Å². The maximum Gasteiger partial charge on any atom is 0.232 e. The number of carbonyl (C=O) groups excluding carboxylic acids is 2. The molecule has 4 rings (SSSR count). The van der Waals surface area contributed by atoms with Gasteiger partial charge in [0.25, 0.3) is 0 Å². The number of carbonyl (C=O) groups is 2. The molecule has 2 aromatic carbocycles. The molecule has 0 saturated heterocycles. The first kappa shape index (κ1) is 19.2. The quantitative estimate of drug-likeness (QED) is 0.771. The number of Topliss-reactive ketones (excluding diaryl/α,β-unsaturated/α-hetero) is 1. The highest BCUT2D eigenvalue weighted by Crippen LogP contribution is 2.46. The van der Waals surface area contributed by atoms with Crippen LogP contribution in [0.25, 0.3) is 0 Å². The molecule has 6 heteroatoms. The molecule has 0 radical (unpaired) electrons. The third-order valence-electron chi connectivity index (χ3n) is 5.55. The molecule has 0 bridgehead atoms. The fraction of sp³-hybridized carbons (Fsp3) is 0.304. The van der Waals surface area contributed by atoms with E-state index in [2.05, 4.69) is 0 Å². The summed E-state index contributed by atoms with van der Waals surface area (Å²) in [6.07, 6.45) is 1.79. The van der Waals surface area contributed by atoms with Crippen LogP contribution in [-0.4, -0.2) is 25.9 Å².